The second-order valence-electron chi connectivity index (χ2n) is 1.40. The summed E-state index contributed by atoms with van der Waals surface area (Å²) in [6.45, 7) is 3.86. The van der Waals surface area contributed by atoms with Gasteiger partial charge in [-0.2, -0.15) is 0 Å². The lowest BCUT2D eigenvalue weighted by atomic mass is 10.6. The van der Waals surface area contributed by atoms with Gasteiger partial charge in [0.05, 0.1) is 0 Å². The molecule has 0 amide bonds. The van der Waals surface area contributed by atoms with Crippen molar-refractivity contribution in [2.45, 2.75) is 0 Å². The smallest absolute Gasteiger partial charge is 0.188 e. The van der Waals surface area contributed by atoms with Crippen LogP contribution in [0.4, 0.5) is 0 Å². The van der Waals surface area contributed by atoms with Crippen molar-refractivity contribution in [1.82, 2.24) is 0 Å². The number of rotatable bonds is 5. The Balaban J connectivity index is 3.06. The number of methoxy groups -OCH3 is 1. The van der Waals surface area contributed by atoms with Crippen molar-refractivity contribution in [2.75, 3.05) is 20.5 Å². The Bertz CT molecular complexity index is 84.3. The third-order valence-corrected chi connectivity index (χ3v) is 0.625. The Morgan fingerprint density at radius 2 is 2.33 bits per heavy atom. The topological polar surface area (TPSA) is 53.7 Å². The van der Waals surface area contributed by atoms with Gasteiger partial charge in [0, 0.05) is 7.11 Å². The number of nitrogens with two attached hydrogens (primary N) is 1. The van der Waals surface area contributed by atoms with Gasteiger partial charge in [-0.25, -0.2) is 5.90 Å². The molecule has 0 fully saturated rings. The highest BCUT2D eigenvalue weighted by molar-refractivity contribution is 4.80. The van der Waals surface area contributed by atoms with E-state index in [-0.39, 0.29) is 13.4 Å². The van der Waals surface area contributed by atoms with Crippen molar-refractivity contribution in [3.05, 3.63) is 12.3 Å². The molecule has 0 bridgehead atoms. The highest BCUT2D eigenvalue weighted by Crippen LogP contribution is 1.90. The summed E-state index contributed by atoms with van der Waals surface area (Å²) < 4.78 is 9.39. The van der Waals surface area contributed by atoms with Crippen molar-refractivity contribution >= 4 is 0 Å². The first-order chi connectivity index (χ1) is 4.31. The van der Waals surface area contributed by atoms with Crippen LogP contribution in [0.5, 0.6) is 0 Å². The van der Waals surface area contributed by atoms with Crippen molar-refractivity contribution in [2.24, 2.45) is 5.90 Å². The van der Waals surface area contributed by atoms with Gasteiger partial charge in [-0.3, -0.25) is 4.84 Å². The van der Waals surface area contributed by atoms with Gasteiger partial charge in [0.25, 0.3) is 0 Å². The summed E-state index contributed by atoms with van der Waals surface area (Å²) in [5, 5.41) is 0. The lowest BCUT2D eigenvalue weighted by molar-refractivity contribution is -0.0120. The molecule has 9 heavy (non-hydrogen) atoms. The average Bonchev–Trinajstić information content (AvgIpc) is 1.85. The van der Waals surface area contributed by atoms with E-state index in [0.717, 1.165) is 0 Å². The minimum Gasteiger partial charge on any atom is -0.470 e. The molecule has 4 heteroatoms. The molecule has 0 spiro atoms. The molecule has 0 heterocycles. The summed E-state index contributed by atoms with van der Waals surface area (Å²) in [4.78, 5) is 4.22. The standard InChI is InChI=1S/C5H11NO3/c1-5(3-9-6)8-4-7-2/h1,3-4,6H2,2H3. The molecular weight excluding hydrogens is 122 g/mol. The first-order valence-electron chi connectivity index (χ1n) is 2.42. The Labute approximate surface area is 54.1 Å². The maximum atomic E-state index is 4.81. The van der Waals surface area contributed by atoms with Crippen LogP contribution in [0.2, 0.25) is 0 Å². The molecule has 54 valence electrons. The Kier molecular flexibility index (Phi) is 5.20. The Morgan fingerprint density at radius 1 is 1.67 bits per heavy atom. The molecule has 0 radical (unpaired) electrons. The predicted molar refractivity (Wildman–Crippen MR) is 32.2 cm³/mol. The highest BCUT2D eigenvalue weighted by Gasteiger charge is 1.90. The first kappa shape index (κ1) is 8.42. The zero-order chi connectivity index (χ0) is 7.11. The maximum Gasteiger partial charge on any atom is 0.188 e. The molecule has 0 aromatic heterocycles. The zero-order valence-corrected chi connectivity index (χ0v) is 5.42. The van der Waals surface area contributed by atoms with Crippen molar-refractivity contribution in [1.29, 1.82) is 0 Å². The van der Waals surface area contributed by atoms with E-state index >= 15 is 0 Å². The van der Waals surface area contributed by atoms with Gasteiger partial charge in [0.1, 0.15) is 12.4 Å². The fourth-order valence-electron chi connectivity index (χ4n) is 0.277. The molecule has 0 aliphatic heterocycles. The fraction of sp³-hybridized carbons (Fsp3) is 0.600. The van der Waals surface area contributed by atoms with E-state index < -0.39 is 0 Å². The van der Waals surface area contributed by atoms with Crippen LogP contribution in [-0.4, -0.2) is 20.5 Å². The summed E-state index contributed by atoms with van der Waals surface area (Å²) in [5.41, 5.74) is 0. The number of ether oxygens (including phenoxy) is 2. The molecule has 0 unspecified atom stereocenters. The van der Waals surface area contributed by atoms with Crippen LogP contribution in [0, 0.1) is 0 Å². The minimum atomic E-state index is 0.183. The fourth-order valence-corrected chi connectivity index (χ4v) is 0.277. The third kappa shape index (κ3) is 5.29. The summed E-state index contributed by atoms with van der Waals surface area (Å²) in [6, 6.07) is 0. The minimum absolute atomic E-state index is 0.183. The molecule has 0 saturated carbocycles. The summed E-state index contributed by atoms with van der Waals surface area (Å²) in [6.07, 6.45) is 0. The van der Waals surface area contributed by atoms with E-state index in [1.54, 1.807) is 0 Å². The van der Waals surface area contributed by atoms with Crippen LogP contribution in [-0.2, 0) is 14.3 Å². The molecule has 0 rings (SSSR count). The molecule has 4 nitrogen and oxygen atoms in total. The summed E-state index contributed by atoms with van der Waals surface area (Å²) >= 11 is 0. The highest BCUT2D eigenvalue weighted by atomic mass is 16.7. The van der Waals surface area contributed by atoms with Crippen molar-refractivity contribution in [3.63, 3.8) is 0 Å². The Morgan fingerprint density at radius 3 is 2.78 bits per heavy atom. The second-order valence-corrected chi connectivity index (χ2v) is 1.40. The lowest BCUT2D eigenvalue weighted by Gasteiger charge is -2.04. The van der Waals surface area contributed by atoms with Crippen LogP contribution >= 0.6 is 0 Å². The van der Waals surface area contributed by atoms with E-state index in [0.29, 0.717) is 5.76 Å². The van der Waals surface area contributed by atoms with Crippen LogP contribution in [0.15, 0.2) is 12.3 Å². The van der Waals surface area contributed by atoms with Gasteiger partial charge in [-0.05, 0) is 0 Å². The second kappa shape index (κ2) is 5.55. The maximum absolute atomic E-state index is 4.81. The SMILES string of the molecule is C=C(CON)OCOC. The van der Waals surface area contributed by atoms with Gasteiger partial charge >= 0.3 is 0 Å². The van der Waals surface area contributed by atoms with Crippen LogP contribution < -0.4 is 5.90 Å². The zero-order valence-electron chi connectivity index (χ0n) is 5.42. The molecular formula is C5H11NO3. The molecule has 0 aromatic carbocycles. The van der Waals surface area contributed by atoms with Crippen LogP contribution in [0.25, 0.3) is 0 Å². The van der Waals surface area contributed by atoms with E-state index in [4.69, 9.17) is 10.6 Å². The molecule has 0 aliphatic carbocycles. The van der Waals surface area contributed by atoms with Gasteiger partial charge in [-0.1, -0.05) is 6.58 Å². The first-order valence-corrected chi connectivity index (χ1v) is 2.42. The van der Waals surface area contributed by atoms with Gasteiger partial charge in [-0.15, -0.1) is 0 Å². The number of hydrogen-bond acceptors (Lipinski definition) is 4. The largest absolute Gasteiger partial charge is 0.470 e. The molecule has 0 aliphatic rings. The normalized spacial score (nSPS) is 9.11. The molecule has 2 N–H and O–H groups in total. The van der Waals surface area contributed by atoms with Crippen molar-refractivity contribution in [3.8, 4) is 0 Å². The summed E-state index contributed by atoms with van der Waals surface area (Å²) in [7, 11) is 1.52. The lowest BCUT2D eigenvalue weighted by Crippen LogP contribution is -2.06. The van der Waals surface area contributed by atoms with Gasteiger partial charge in [0.15, 0.2) is 6.79 Å². The predicted octanol–water partition coefficient (Wildman–Crippen LogP) is 0.0109. The molecule has 0 atom stereocenters. The average molecular weight is 133 g/mol. The van der Waals surface area contributed by atoms with E-state index in [1.165, 1.54) is 7.11 Å². The van der Waals surface area contributed by atoms with Crippen molar-refractivity contribution < 1.29 is 14.3 Å². The number of hydrogen-bond donors (Lipinski definition) is 1. The molecule has 0 saturated heterocycles. The third-order valence-electron chi connectivity index (χ3n) is 0.625. The van der Waals surface area contributed by atoms with Crippen LogP contribution in [0.3, 0.4) is 0 Å². The van der Waals surface area contributed by atoms with Crippen LogP contribution in [0.1, 0.15) is 0 Å². The van der Waals surface area contributed by atoms with Gasteiger partial charge in [0.2, 0.25) is 0 Å². The van der Waals surface area contributed by atoms with E-state index in [1.807, 2.05) is 0 Å². The Hall–Kier alpha value is -0.580. The molecule has 0 aromatic rings. The quantitative estimate of drug-likeness (QED) is 0.326. The monoisotopic (exact) mass is 133 g/mol. The van der Waals surface area contributed by atoms with Gasteiger partial charge < -0.3 is 9.47 Å². The van der Waals surface area contributed by atoms with E-state index in [2.05, 4.69) is 16.2 Å². The van der Waals surface area contributed by atoms with E-state index in [9.17, 15) is 0 Å². The summed E-state index contributed by atoms with van der Waals surface area (Å²) in [5.74, 6) is 5.18.